The van der Waals surface area contributed by atoms with Gasteiger partial charge in [0.2, 0.25) is 0 Å². The lowest BCUT2D eigenvalue weighted by molar-refractivity contribution is -0.660. The molecular formula is C32H46. The molecule has 0 heterocycles. The van der Waals surface area contributed by atoms with Gasteiger partial charge in [0, 0.05) is 0 Å². The van der Waals surface area contributed by atoms with Crippen LogP contribution in [0.4, 0.5) is 0 Å². The molecule has 10 saturated carbocycles. The Morgan fingerprint density at radius 1 is 0.438 bits per heavy atom. The highest BCUT2D eigenvalue weighted by Gasteiger charge is 3.10. The first kappa shape index (κ1) is 18.3. The van der Waals surface area contributed by atoms with E-state index in [1.807, 2.05) is 0 Å². The Kier molecular flexibility index (Phi) is 2.16. The predicted octanol–water partition coefficient (Wildman–Crippen LogP) is 7.39. The topological polar surface area (TPSA) is 0 Å². The summed E-state index contributed by atoms with van der Waals surface area (Å²) in [6.45, 7) is 27.8. The van der Waals surface area contributed by atoms with Crippen LogP contribution in [-0.4, -0.2) is 0 Å². The molecule has 0 spiro atoms. The molecule has 10 rings (SSSR count). The molecule has 0 saturated heterocycles. The Hall–Kier alpha value is 0. The van der Waals surface area contributed by atoms with Crippen LogP contribution in [0.2, 0.25) is 0 Å². The lowest BCUT2D eigenvalue weighted by Crippen LogP contribution is -3.09. The van der Waals surface area contributed by atoms with Gasteiger partial charge in [0.15, 0.2) is 0 Å². The minimum Gasteiger partial charge on any atom is -0.0622 e. The van der Waals surface area contributed by atoms with E-state index < -0.39 is 0 Å². The van der Waals surface area contributed by atoms with E-state index in [1.165, 1.54) is 0 Å². The fourth-order valence-electron chi connectivity index (χ4n) is 19.0. The highest BCUT2D eigenvalue weighted by Crippen LogP contribution is 3.13. The smallest absolute Gasteiger partial charge is 0.0167 e. The van der Waals surface area contributed by atoms with Gasteiger partial charge in [-0.3, -0.25) is 0 Å². The first-order valence-electron chi connectivity index (χ1n) is 14.8. The van der Waals surface area contributed by atoms with Crippen molar-refractivity contribution in [2.75, 3.05) is 0 Å². The van der Waals surface area contributed by atoms with Gasteiger partial charge in [-0.15, -0.1) is 0 Å². The summed E-state index contributed by atoms with van der Waals surface area (Å²) >= 11 is 0. The number of fused-ring (bicyclic) bond motifs is 25. The van der Waals surface area contributed by atoms with Crippen molar-refractivity contribution in [1.82, 2.24) is 0 Å². The highest BCUT2D eigenvalue weighted by atomic mass is 15.1. The molecule has 0 aromatic heterocycles. The largest absolute Gasteiger partial charge is 0.0622 e. The van der Waals surface area contributed by atoms with Crippen LogP contribution in [0.25, 0.3) is 0 Å². The molecule has 0 heteroatoms. The minimum atomic E-state index is 0.612. The van der Waals surface area contributed by atoms with Crippen molar-refractivity contribution in [2.45, 2.75) is 82.1 Å². The normalized spacial score (nSPS) is 90.9. The zero-order valence-corrected chi connectivity index (χ0v) is 22.3. The Morgan fingerprint density at radius 3 is 1.38 bits per heavy atom. The summed E-state index contributed by atoms with van der Waals surface area (Å²) < 4.78 is 0. The van der Waals surface area contributed by atoms with E-state index in [9.17, 15) is 0 Å². The molecule has 0 aromatic rings. The maximum Gasteiger partial charge on any atom is -0.0167 e. The molecule has 174 valence electrons. The highest BCUT2D eigenvalue weighted by molar-refractivity contribution is 5.56. The summed E-state index contributed by atoms with van der Waals surface area (Å²) in [6, 6.07) is 0. The average Bonchev–Trinajstić information content (AvgIpc) is 2.76. The van der Waals surface area contributed by atoms with E-state index in [0.717, 1.165) is 71.0 Å². The fourth-order valence-corrected chi connectivity index (χ4v) is 19.0. The van der Waals surface area contributed by atoms with Crippen LogP contribution >= 0.6 is 0 Å². The van der Waals surface area contributed by atoms with Crippen molar-refractivity contribution < 1.29 is 0 Å². The van der Waals surface area contributed by atoms with Crippen molar-refractivity contribution in [1.29, 1.82) is 0 Å². The van der Waals surface area contributed by atoms with E-state index >= 15 is 0 Å². The summed E-state index contributed by atoms with van der Waals surface area (Å²) in [4.78, 5) is 0. The number of hydrogen-bond donors (Lipinski definition) is 0. The van der Waals surface area contributed by atoms with Gasteiger partial charge in [-0.1, -0.05) is 69.2 Å². The molecular weight excluding hydrogens is 384 g/mol. The third-order valence-corrected chi connectivity index (χ3v) is 20.4. The Bertz CT molecular complexity index is 1110. The fraction of sp³-hybridized carbons (Fsp3) is 1.00. The summed E-state index contributed by atoms with van der Waals surface area (Å²) in [6.07, 6.45) is 3.11. The van der Waals surface area contributed by atoms with Gasteiger partial charge in [-0.25, -0.2) is 0 Å². The predicted molar refractivity (Wildman–Crippen MR) is 127 cm³/mol. The van der Waals surface area contributed by atoms with Gasteiger partial charge < -0.3 is 0 Å². The van der Waals surface area contributed by atoms with Gasteiger partial charge in [-0.2, -0.15) is 0 Å². The first-order chi connectivity index (χ1) is 14.8. The Labute approximate surface area is 196 Å². The summed E-state index contributed by atoms with van der Waals surface area (Å²) in [5.41, 5.74) is 5.11. The van der Waals surface area contributed by atoms with Crippen molar-refractivity contribution in [2.24, 2.45) is 114 Å². The maximum atomic E-state index is 2.86. The summed E-state index contributed by atoms with van der Waals surface area (Å²) in [5.74, 6) is 13.0. The van der Waals surface area contributed by atoms with Crippen LogP contribution < -0.4 is 0 Å². The standard InChI is InChI=1S/C32H46/c1-13-11-15-17(13)19-21-23-24-22-20-18-16-12-14(2)25(16,3)27(18,5)29(20,7)31(22,9)32(24,10)30(23,8)28(21,6)26(15,19)4/h13-24H,11-12H2,1-10H3/t13-,14?,15?,16?,17?,18?,19?,20?,21?,22?,23?,24?,25?,26?,27?,28?,29?,30?,31?,32?/m1/s1. The lowest BCUT2D eigenvalue weighted by Gasteiger charge is -3.12. The molecule has 0 radical (unpaired) electrons. The maximum absolute atomic E-state index is 2.86. The summed E-state index contributed by atoms with van der Waals surface area (Å²) in [7, 11) is 0. The van der Waals surface area contributed by atoms with Crippen molar-refractivity contribution in [3.63, 3.8) is 0 Å². The van der Waals surface area contributed by atoms with Crippen molar-refractivity contribution in [3.05, 3.63) is 0 Å². The van der Waals surface area contributed by atoms with Crippen LogP contribution in [0.5, 0.6) is 0 Å². The summed E-state index contributed by atoms with van der Waals surface area (Å²) in [5, 5.41) is 0. The molecule has 0 N–H and O–H groups in total. The Morgan fingerprint density at radius 2 is 0.875 bits per heavy atom. The second-order valence-corrected chi connectivity index (χ2v) is 17.6. The zero-order valence-electron chi connectivity index (χ0n) is 22.3. The van der Waals surface area contributed by atoms with Gasteiger partial charge in [0.25, 0.3) is 0 Å². The van der Waals surface area contributed by atoms with Crippen LogP contribution in [0, 0.1) is 114 Å². The second kappa shape index (κ2) is 3.77. The lowest BCUT2D eigenvalue weighted by atomic mass is 8.91. The molecule has 10 aliphatic carbocycles. The van der Waals surface area contributed by atoms with E-state index in [0.29, 0.717) is 43.3 Å². The van der Waals surface area contributed by atoms with Crippen molar-refractivity contribution in [3.8, 4) is 0 Å². The molecule has 20 atom stereocenters. The molecule has 19 unspecified atom stereocenters. The average molecular weight is 431 g/mol. The third-order valence-electron chi connectivity index (χ3n) is 20.4. The first-order valence-corrected chi connectivity index (χ1v) is 14.8. The van der Waals surface area contributed by atoms with E-state index in [-0.39, 0.29) is 0 Å². The van der Waals surface area contributed by atoms with Gasteiger partial charge in [-0.05, 0) is 127 Å². The molecule has 0 amide bonds. The van der Waals surface area contributed by atoms with Crippen LogP contribution in [0.1, 0.15) is 82.1 Å². The van der Waals surface area contributed by atoms with E-state index in [1.54, 1.807) is 12.8 Å². The second-order valence-electron chi connectivity index (χ2n) is 17.6. The molecule has 0 bridgehead atoms. The van der Waals surface area contributed by atoms with Crippen LogP contribution in [0.15, 0.2) is 0 Å². The third kappa shape index (κ3) is 0.863. The molecule has 0 aromatic carbocycles. The van der Waals surface area contributed by atoms with Crippen molar-refractivity contribution >= 4 is 0 Å². The van der Waals surface area contributed by atoms with E-state index in [4.69, 9.17) is 0 Å². The SMILES string of the molecule is CC1CC2C3C4C5C6C7C8C9C%10C(C[C@H]%10C)C9(C)C8(C)C7(C)C6(C)C5(C)C4(C)C3(C)C12C. The molecule has 10 fully saturated rings. The van der Waals surface area contributed by atoms with Crippen LogP contribution in [-0.2, 0) is 0 Å². The van der Waals surface area contributed by atoms with Gasteiger partial charge in [0.05, 0.1) is 0 Å². The molecule has 0 aliphatic heterocycles. The molecule has 0 nitrogen and oxygen atoms in total. The zero-order chi connectivity index (χ0) is 22.3. The quantitative estimate of drug-likeness (QED) is 0.351. The molecule has 32 heavy (non-hydrogen) atoms. The minimum absolute atomic E-state index is 0.612. The number of hydrogen-bond acceptors (Lipinski definition) is 0. The van der Waals surface area contributed by atoms with Gasteiger partial charge >= 0.3 is 0 Å². The van der Waals surface area contributed by atoms with E-state index in [2.05, 4.69) is 69.2 Å². The monoisotopic (exact) mass is 430 g/mol. The van der Waals surface area contributed by atoms with Crippen LogP contribution in [0.3, 0.4) is 0 Å². The number of rotatable bonds is 0. The Balaban J connectivity index is 1.11. The van der Waals surface area contributed by atoms with Gasteiger partial charge in [0.1, 0.15) is 0 Å². The molecule has 10 aliphatic rings.